The third-order valence-electron chi connectivity index (χ3n) is 5.16. The van der Waals surface area contributed by atoms with Crippen LogP contribution in [0.1, 0.15) is 36.8 Å². The van der Waals surface area contributed by atoms with Gasteiger partial charge in [-0.15, -0.1) is 0 Å². The Morgan fingerprint density at radius 1 is 0.656 bits per heavy atom. The fourth-order valence-corrected chi connectivity index (χ4v) is 3.25. The second-order valence-electron chi connectivity index (χ2n) is 7.95. The van der Waals surface area contributed by atoms with Crippen LogP contribution < -0.4 is 22.1 Å². The van der Waals surface area contributed by atoms with Crippen molar-refractivity contribution >= 4 is 11.8 Å². The van der Waals surface area contributed by atoms with E-state index in [1.165, 1.54) is 0 Å². The lowest BCUT2D eigenvalue weighted by molar-refractivity contribution is -0.123. The maximum absolute atomic E-state index is 12.1. The van der Waals surface area contributed by atoms with Crippen molar-refractivity contribution in [1.29, 1.82) is 0 Å². The molecule has 0 saturated carbocycles. The van der Waals surface area contributed by atoms with Gasteiger partial charge in [-0.05, 0) is 61.1 Å². The molecule has 8 nitrogen and oxygen atoms in total. The van der Waals surface area contributed by atoms with Crippen molar-refractivity contribution in [3.8, 4) is 11.5 Å². The van der Waals surface area contributed by atoms with Gasteiger partial charge in [0.05, 0.1) is 12.1 Å². The molecule has 0 bridgehead atoms. The van der Waals surface area contributed by atoms with Crippen LogP contribution in [0.3, 0.4) is 0 Å². The Bertz CT molecular complexity index is 769. The van der Waals surface area contributed by atoms with Crippen LogP contribution in [0.25, 0.3) is 0 Å². The number of hydrogen-bond donors (Lipinski definition) is 6. The highest BCUT2D eigenvalue weighted by molar-refractivity contribution is 5.82. The van der Waals surface area contributed by atoms with Crippen LogP contribution in [0.4, 0.5) is 0 Å². The highest BCUT2D eigenvalue weighted by atomic mass is 16.3. The molecule has 0 aliphatic rings. The summed E-state index contributed by atoms with van der Waals surface area (Å²) in [6, 6.07) is 12.1. The van der Waals surface area contributed by atoms with Crippen molar-refractivity contribution in [3.05, 3.63) is 59.7 Å². The molecule has 2 atom stereocenters. The van der Waals surface area contributed by atoms with Gasteiger partial charge in [0.25, 0.3) is 0 Å². The third kappa shape index (κ3) is 9.36. The van der Waals surface area contributed by atoms with Crippen molar-refractivity contribution in [2.75, 3.05) is 13.1 Å². The van der Waals surface area contributed by atoms with Crippen LogP contribution >= 0.6 is 0 Å². The van der Waals surface area contributed by atoms with E-state index in [0.717, 1.165) is 36.8 Å². The summed E-state index contributed by atoms with van der Waals surface area (Å²) in [6.07, 6.45) is 4.38. The molecule has 0 fully saturated rings. The van der Waals surface area contributed by atoms with E-state index >= 15 is 0 Å². The van der Waals surface area contributed by atoms with Gasteiger partial charge in [0.1, 0.15) is 11.5 Å². The second kappa shape index (κ2) is 13.3. The predicted octanol–water partition coefficient (Wildman–Crippen LogP) is 1.33. The van der Waals surface area contributed by atoms with E-state index < -0.39 is 12.1 Å². The maximum atomic E-state index is 12.1. The smallest absolute Gasteiger partial charge is 0.237 e. The van der Waals surface area contributed by atoms with Gasteiger partial charge in [0, 0.05) is 13.1 Å². The Kier molecular flexibility index (Phi) is 10.5. The molecule has 8 N–H and O–H groups in total. The Labute approximate surface area is 189 Å². The largest absolute Gasteiger partial charge is 0.508 e. The highest BCUT2D eigenvalue weighted by Crippen LogP contribution is 2.12. The third-order valence-corrected chi connectivity index (χ3v) is 5.16. The number of benzene rings is 2. The summed E-state index contributed by atoms with van der Waals surface area (Å²) >= 11 is 0. The number of nitrogens with one attached hydrogen (secondary N) is 2. The molecule has 0 radical (unpaired) electrons. The molecule has 8 heteroatoms. The van der Waals surface area contributed by atoms with Crippen molar-refractivity contribution in [1.82, 2.24) is 10.6 Å². The summed E-state index contributed by atoms with van der Waals surface area (Å²) in [6.45, 7) is 1.12. The number of unbranched alkanes of at least 4 members (excludes halogenated alkanes) is 3. The van der Waals surface area contributed by atoms with Gasteiger partial charge in [-0.1, -0.05) is 37.1 Å². The van der Waals surface area contributed by atoms with Crippen LogP contribution in [0, 0.1) is 0 Å². The summed E-state index contributed by atoms with van der Waals surface area (Å²) in [7, 11) is 0. The summed E-state index contributed by atoms with van der Waals surface area (Å²) in [4.78, 5) is 24.2. The van der Waals surface area contributed by atoms with E-state index in [-0.39, 0.29) is 23.3 Å². The lowest BCUT2D eigenvalue weighted by Crippen LogP contribution is -2.42. The van der Waals surface area contributed by atoms with Crippen molar-refractivity contribution in [3.63, 3.8) is 0 Å². The quantitative estimate of drug-likeness (QED) is 0.258. The number of hydrogen-bond acceptors (Lipinski definition) is 6. The lowest BCUT2D eigenvalue weighted by Gasteiger charge is -2.13. The highest BCUT2D eigenvalue weighted by Gasteiger charge is 2.14. The van der Waals surface area contributed by atoms with Crippen LogP contribution in [0.15, 0.2) is 48.5 Å². The number of carbonyl (C=O) groups is 2. The van der Waals surface area contributed by atoms with Gasteiger partial charge in [0.15, 0.2) is 0 Å². The number of amides is 2. The van der Waals surface area contributed by atoms with Gasteiger partial charge >= 0.3 is 0 Å². The molecule has 0 heterocycles. The lowest BCUT2D eigenvalue weighted by atomic mass is 10.1. The summed E-state index contributed by atoms with van der Waals surface area (Å²) in [5, 5.41) is 24.3. The van der Waals surface area contributed by atoms with Crippen molar-refractivity contribution < 1.29 is 19.8 Å². The summed E-state index contributed by atoms with van der Waals surface area (Å²) < 4.78 is 0. The van der Waals surface area contributed by atoms with Crippen LogP contribution in [-0.2, 0) is 22.4 Å². The van der Waals surface area contributed by atoms with Crippen LogP contribution in [0.2, 0.25) is 0 Å². The maximum Gasteiger partial charge on any atom is 0.237 e. The molecule has 2 rings (SSSR count). The average molecular weight is 443 g/mol. The second-order valence-corrected chi connectivity index (χ2v) is 7.95. The zero-order valence-corrected chi connectivity index (χ0v) is 18.3. The van der Waals surface area contributed by atoms with E-state index in [9.17, 15) is 19.8 Å². The monoisotopic (exact) mass is 442 g/mol. The summed E-state index contributed by atoms with van der Waals surface area (Å²) in [5.41, 5.74) is 13.7. The Morgan fingerprint density at radius 2 is 1.00 bits per heavy atom. The zero-order chi connectivity index (χ0) is 23.3. The first-order chi connectivity index (χ1) is 15.3. The molecule has 0 saturated heterocycles. The molecule has 2 amide bonds. The average Bonchev–Trinajstić information content (AvgIpc) is 2.78. The fourth-order valence-electron chi connectivity index (χ4n) is 3.25. The minimum Gasteiger partial charge on any atom is -0.508 e. The molecule has 2 aromatic rings. The van der Waals surface area contributed by atoms with E-state index in [4.69, 9.17) is 11.5 Å². The minimum absolute atomic E-state index is 0.184. The molecule has 32 heavy (non-hydrogen) atoms. The van der Waals surface area contributed by atoms with E-state index in [1.807, 2.05) is 0 Å². The van der Waals surface area contributed by atoms with Crippen LogP contribution in [-0.4, -0.2) is 47.2 Å². The Hall–Kier alpha value is -3.10. The number of phenolic OH excluding ortho intramolecular Hbond substituents is 2. The van der Waals surface area contributed by atoms with E-state index in [0.29, 0.717) is 25.9 Å². The number of rotatable bonds is 13. The van der Waals surface area contributed by atoms with Gasteiger partial charge in [-0.2, -0.15) is 0 Å². The van der Waals surface area contributed by atoms with E-state index in [2.05, 4.69) is 10.6 Å². The molecular formula is C24H34N4O4. The molecule has 0 aliphatic carbocycles. The molecule has 0 unspecified atom stereocenters. The van der Waals surface area contributed by atoms with Gasteiger partial charge in [-0.25, -0.2) is 0 Å². The number of carbonyl (C=O) groups excluding carboxylic acids is 2. The molecule has 0 aliphatic heterocycles. The fraction of sp³-hybridized carbons (Fsp3) is 0.417. The summed E-state index contributed by atoms with van der Waals surface area (Å²) in [5.74, 6) is -0.00700. The first kappa shape index (κ1) is 25.2. The number of aromatic hydroxyl groups is 2. The molecule has 0 aromatic heterocycles. The number of phenols is 2. The SMILES string of the molecule is N[C@H](Cc1ccc(O)cc1)C(=O)NCCCCCCNC(=O)[C@@H](N)Cc1ccc(O)cc1. The van der Waals surface area contributed by atoms with E-state index in [1.54, 1.807) is 48.5 Å². The normalized spacial score (nSPS) is 12.7. The number of nitrogens with two attached hydrogens (primary N) is 2. The first-order valence-corrected chi connectivity index (χ1v) is 11.0. The van der Waals surface area contributed by atoms with Crippen molar-refractivity contribution in [2.24, 2.45) is 11.5 Å². The van der Waals surface area contributed by atoms with Gasteiger partial charge in [0.2, 0.25) is 11.8 Å². The minimum atomic E-state index is -0.625. The Morgan fingerprint density at radius 3 is 1.34 bits per heavy atom. The predicted molar refractivity (Wildman–Crippen MR) is 124 cm³/mol. The molecule has 2 aromatic carbocycles. The Balaban J connectivity index is 1.49. The first-order valence-electron chi connectivity index (χ1n) is 11.0. The topological polar surface area (TPSA) is 151 Å². The zero-order valence-electron chi connectivity index (χ0n) is 18.3. The van der Waals surface area contributed by atoms with Gasteiger partial charge in [-0.3, -0.25) is 9.59 Å². The molecule has 174 valence electrons. The van der Waals surface area contributed by atoms with Gasteiger partial charge < -0.3 is 32.3 Å². The van der Waals surface area contributed by atoms with Crippen LogP contribution in [0.5, 0.6) is 11.5 Å². The van der Waals surface area contributed by atoms with Crippen molar-refractivity contribution in [2.45, 2.75) is 50.6 Å². The molecular weight excluding hydrogens is 408 g/mol. The standard InChI is InChI=1S/C24H34N4O4/c25-21(15-17-5-9-19(29)10-6-17)23(31)27-13-3-1-2-4-14-28-24(32)22(26)16-18-7-11-20(30)12-8-18/h5-12,21-22,29-30H,1-4,13-16,25-26H2,(H,27,31)(H,28,32)/t21-,22+. The molecule has 0 spiro atoms.